The molecule has 2 amide bonds. The third-order valence-corrected chi connectivity index (χ3v) is 3.34. The van der Waals surface area contributed by atoms with Crippen molar-refractivity contribution < 1.29 is 14.3 Å². The van der Waals surface area contributed by atoms with Gasteiger partial charge in [-0.3, -0.25) is 9.59 Å². The molecule has 0 heterocycles. The number of benzene rings is 2. The van der Waals surface area contributed by atoms with Gasteiger partial charge in [-0.2, -0.15) is 0 Å². The van der Waals surface area contributed by atoms with Gasteiger partial charge in [-0.05, 0) is 52.0 Å². The summed E-state index contributed by atoms with van der Waals surface area (Å²) in [5, 5.41) is 5.67. The van der Waals surface area contributed by atoms with Crippen molar-refractivity contribution in [1.82, 2.24) is 5.32 Å². The normalized spacial score (nSPS) is 12.2. The molecule has 2 aromatic carbocycles. The molecule has 0 bridgehead atoms. The van der Waals surface area contributed by atoms with Crippen molar-refractivity contribution in [3.8, 4) is 5.75 Å². The van der Waals surface area contributed by atoms with Crippen molar-refractivity contribution >= 4 is 17.5 Å². The molecule has 0 unspecified atom stereocenters. The van der Waals surface area contributed by atoms with Crippen molar-refractivity contribution in [3.05, 3.63) is 60.2 Å². The lowest BCUT2D eigenvalue weighted by molar-refractivity contribution is -0.122. The van der Waals surface area contributed by atoms with Gasteiger partial charge in [-0.1, -0.05) is 30.3 Å². The second kappa shape index (κ2) is 7.83. The molecule has 5 nitrogen and oxygen atoms in total. The second-order valence-electron chi connectivity index (χ2n) is 6.81. The van der Waals surface area contributed by atoms with E-state index >= 15 is 0 Å². The van der Waals surface area contributed by atoms with Crippen LogP contribution >= 0.6 is 0 Å². The van der Waals surface area contributed by atoms with Crippen LogP contribution in [0.3, 0.4) is 0 Å². The van der Waals surface area contributed by atoms with E-state index in [-0.39, 0.29) is 17.4 Å². The molecule has 0 saturated heterocycles. The first kappa shape index (κ1) is 18.5. The zero-order valence-electron chi connectivity index (χ0n) is 15.0. The van der Waals surface area contributed by atoms with E-state index in [0.717, 1.165) is 0 Å². The zero-order chi connectivity index (χ0) is 18.4. The number of hydrogen-bond donors (Lipinski definition) is 2. The van der Waals surface area contributed by atoms with E-state index in [2.05, 4.69) is 10.6 Å². The van der Waals surface area contributed by atoms with Gasteiger partial charge >= 0.3 is 0 Å². The summed E-state index contributed by atoms with van der Waals surface area (Å²) in [5.41, 5.74) is 0.508. The molecule has 2 N–H and O–H groups in total. The molecular weight excluding hydrogens is 316 g/mol. The largest absolute Gasteiger partial charge is 0.481 e. The van der Waals surface area contributed by atoms with E-state index in [0.29, 0.717) is 17.0 Å². The van der Waals surface area contributed by atoms with Crippen LogP contribution in [-0.2, 0) is 4.79 Å². The van der Waals surface area contributed by atoms with Crippen LogP contribution in [0.4, 0.5) is 5.69 Å². The number of anilines is 1. The Kier molecular flexibility index (Phi) is 5.80. The average molecular weight is 340 g/mol. The van der Waals surface area contributed by atoms with E-state index in [1.165, 1.54) is 0 Å². The topological polar surface area (TPSA) is 67.4 Å². The number of rotatable bonds is 5. The number of nitrogens with one attached hydrogen (secondary N) is 2. The molecule has 0 radical (unpaired) electrons. The summed E-state index contributed by atoms with van der Waals surface area (Å²) in [6.45, 7) is 7.38. The molecule has 0 fully saturated rings. The van der Waals surface area contributed by atoms with Crippen molar-refractivity contribution in [2.24, 2.45) is 0 Å². The molecular formula is C20H24N2O3. The maximum absolute atomic E-state index is 12.4. The fraction of sp³-hybridized carbons (Fsp3) is 0.300. The minimum atomic E-state index is -0.693. The van der Waals surface area contributed by atoms with E-state index in [4.69, 9.17) is 4.74 Å². The highest BCUT2D eigenvalue weighted by molar-refractivity contribution is 6.04. The third kappa shape index (κ3) is 5.64. The van der Waals surface area contributed by atoms with Gasteiger partial charge < -0.3 is 15.4 Å². The number of para-hydroxylation sites is 2. The Labute approximate surface area is 148 Å². The van der Waals surface area contributed by atoms with Crippen LogP contribution in [0.2, 0.25) is 0 Å². The lowest BCUT2D eigenvalue weighted by Crippen LogP contribution is -2.41. The van der Waals surface area contributed by atoms with Crippen LogP contribution < -0.4 is 15.4 Å². The minimum Gasteiger partial charge on any atom is -0.481 e. The third-order valence-electron chi connectivity index (χ3n) is 3.34. The van der Waals surface area contributed by atoms with Gasteiger partial charge in [0.25, 0.3) is 11.8 Å². The molecule has 2 aromatic rings. The van der Waals surface area contributed by atoms with Crippen LogP contribution in [0.5, 0.6) is 5.75 Å². The molecule has 25 heavy (non-hydrogen) atoms. The lowest BCUT2D eigenvalue weighted by atomic mass is 10.1. The summed E-state index contributed by atoms with van der Waals surface area (Å²) in [6, 6.07) is 16.0. The number of carbonyl (C=O) groups is 2. The van der Waals surface area contributed by atoms with E-state index in [9.17, 15) is 9.59 Å². The van der Waals surface area contributed by atoms with Crippen LogP contribution in [0.15, 0.2) is 54.6 Å². The van der Waals surface area contributed by atoms with Crippen molar-refractivity contribution in [2.45, 2.75) is 39.3 Å². The Morgan fingerprint density at radius 3 is 2.20 bits per heavy atom. The molecule has 0 aliphatic carbocycles. The van der Waals surface area contributed by atoms with E-state index < -0.39 is 6.10 Å². The lowest BCUT2D eigenvalue weighted by Gasteiger charge is -2.22. The standard InChI is InChI=1S/C20H24N2O3/c1-14(25-15-10-6-5-7-11-15)18(23)21-17-13-9-8-12-16(17)19(24)22-20(2,3)4/h5-14H,1-4H3,(H,21,23)(H,22,24)/t14-/m0/s1. The van der Waals surface area contributed by atoms with Gasteiger partial charge in [0.2, 0.25) is 0 Å². The summed E-state index contributed by atoms with van der Waals surface area (Å²) in [5.74, 6) is 0.0591. The molecule has 2 rings (SSSR count). The summed E-state index contributed by atoms with van der Waals surface area (Å²) in [4.78, 5) is 24.8. The Hall–Kier alpha value is -2.82. The van der Waals surface area contributed by atoms with Gasteiger partial charge in [0, 0.05) is 5.54 Å². The molecule has 0 aliphatic heterocycles. The fourth-order valence-electron chi connectivity index (χ4n) is 2.19. The summed E-state index contributed by atoms with van der Waals surface area (Å²) < 4.78 is 5.62. The molecule has 1 atom stereocenters. The molecule has 0 aliphatic rings. The first-order valence-electron chi connectivity index (χ1n) is 8.20. The van der Waals surface area contributed by atoms with Crippen LogP contribution in [0.1, 0.15) is 38.1 Å². The number of ether oxygens (including phenoxy) is 1. The van der Waals surface area contributed by atoms with E-state index in [1.807, 2.05) is 39.0 Å². The summed E-state index contributed by atoms with van der Waals surface area (Å²) in [6.07, 6.45) is -0.693. The number of hydrogen-bond acceptors (Lipinski definition) is 3. The van der Waals surface area contributed by atoms with Gasteiger partial charge in [0.15, 0.2) is 6.10 Å². The van der Waals surface area contributed by atoms with Gasteiger partial charge in [0.1, 0.15) is 5.75 Å². The Morgan fingerprint density at radius 2 is 1.56 bits per heavy atom. The van der Waals surface area contributed by atoms with Crippen LogP contribution in [0.25, 0.3) is 0 Å². The minimum absolute atomic E-state index is 0.236. The maximum Gasteiger partial charge on any atom is 0.265 e. The van der Waals surface area contributed by atoms with Crippen LogP contribution in [-0.4, -0.2) is 23.5 Å². The maximum atomic E-state index is 12.4. The highest BCUT2D eigenvalue weighted by Crippen LogP contribution is 2.18. The molecule has 5 heteroatoms. The average Bonchev–Trinajstić information content (AvgIpc) is 2.54. The van der Waals surface area contributed by atoms with Gasteiger partial charge in [-0.25, -0.2) is 0 Å². The smallest absolute Gasteiger partial charge is 0.265 e. The first-order valence-corrected chi connectivity index (χ1v) is 8.20. The second-order valence-corrected chi connectivity index (χ2v) is 6.81. The van der Waals surface area contributed by atoms with Crippen molar-refractivity contribution in [3.63, 3.8) is 0 Å². The van der Waals surface area contributed by atoms with Crippen molar-refractivity contribution in [2.75, 3.05) is 5.32 Å². The number of carbonyl (C=O) groups excluding carboxylic acids is 2. The van der Waals surface area contributed by atoms with Gasteiger partial charge in [-0.15, -0.1) is 0 Å². The SMILES string of the molecule is C[C@H](Oc1ccccc1)C(=O)Nc1ccccc1C(=O)NC(C)(C)C. The molecule has 0 aromatic heterocycles. The van der Waals surface area contributed by atoms with E-state index in [1.54, 1.807) is 43.3 Å². The molecule has 0 spiro atoms. The monoisotopic (exact) mass is 340 g/mol. The molecule has 0 saturated carbocycles. The first-order chi connectivity index (χ1) is 11.8. The predicted molar refractivity (Wildman–Crippen MR) is 98.8 cm³/mol. The summed E-state index contributed by atoms with van der Waals surface area (Å²) in [7, 11) is 0. The highest BCUT2D eigenvalue weighted by Gasteiger charge is 2.20. The highest BCUT2D eigenvalue weighted by atomic mass is 16.5. The number of amides is 2. The Morgan fingerprint density at radius 1 is 0.960 bits per heavy atom. The molecule has 132 valence electrons. The van der Waals surface area contributed by atoms with Crippen molar-refractivity contribution in [1.29, 1.82) is 0 Å². The quantitative estimate of drug-likeness (QED) is 0.873. The predicted octanol–water partition coefficient (Wildman–Crippen LogP) is 3.62. The zero-order valence-corrected chi connectivity index (χ0v) is 15.0. The summed E-state index contributed by atoms with van der Waals surface area (Å²) >= 11 is 0. The van der Waals surface area contributed by atoms with Crippen LogP contribution in [0, 0.1) is 0 Å². The Bertz CT molecular complexity index is 736. The fourth-order valence-corrected chi connectivity index (χ4v) is 2.19. The van der Waals surface area contributed by atoms with Gasteiger partial charge in [0.05, 0.1) is 11.3 Å². The Balaban J connectivity index is 2.09.